The van der Waals surface area contributed by atoms with Gasteiger partial charge in [0.15, 0.2) is 5.75 Å². The summed E-state index contributed by atoms with van der Waals surface area (Å²) in [5.74, 6) is -2.16. The highest BCUT2D eigenvalue weighted by Gasteiger charge is 2.28. The van der Waals surface area contributed by atoms with Gasteiger partial charge in [-0.15, -0.1) is 0 Å². The zero-order valence-electron chi connectivity index (χ0n) is 10.7. The third-order valence-corrected chi connectivity index (χ3v) is 5.42. The predicted molar refractivity (Wildman–Crippen MR) is 79.4 cm³/mol. The largest absolute Gasteiger partial charge is 0.480 e. The van der Waals surface area contributed by atoms with Gasteiger partial charge < -0.3 is 10.0 Å². The molecular formula is C12H15BrN2O4S. The third kappa shape index (κ3) is 3.71. The highest BCUT2D eigenvalue weighted by atomic mass is 79.9. The lowest BCUT2D eigenvalue weighted by Crippen LogP contribution is -2.49. The topological polar surface area (TPSA) is 77.9 Å². The molecule has 0 bridgehead atoms. The van der Waals surface area contributed by atoms with Crippen LogP contribution in [0.4, 0.5) is 5.69 Å². The molecule has 6 nitrogen and oxygen atoms in total. The number of hydrogen-bond donors (Lipinski definition) is 1. The molecule has 1 aliphatic rings. The van der Waals surface area contributed by atoms with Gasteiger partial charge in [-0.05, 0) is 24.3 Å². The highest BCUT2D eigenvalue weighted by molar-refractivity contribution is 9.10. The highest BCUT2D eigenvalue weighted by Crippen LogP contribution is 2.20. The smallest absolute Gasteiger partial charge is 0.320 e. The molecule has 0 amide bonds. The Morgan fingerprint density at radius 2 is 1.70 bits per heavy atom. The number of piperazine rings is 1. The molecule has 20 heavy (non-hydrogen) atoms. The Bertz CT molecular complexity index is 580. The molecule has 0 spiro atoms. The van der Waals surface area contributed by atoms with Crippen LogP contribution in [0.25, 0.3) is 0 Å². The molecule has 0 unspecified atom stereocenters. The molecule has 1 N–H and O–H groups in total. The monoisotopic (exact) mass is 362 g/mol. The lowest BCUT2D eigenvalue weighted by molar-refractivity contribution is -0.134. The number of nitrogens with zero attached hydrogens (tertiary/aromatic N) is 2. The first-order chi connectivity index (χ1) is 9.38. The second kappa shape index (κ2) is 6.11. The van der Waals surface area contributed by atoms with Crippen molar-refractivity contribution in [2.75, 3.05) is 36.8 Å². The van der Waals surface area contributed by atoms with E-state index < -0.39 is 21.7 Å². The minimum absolute atomic E-state index is 0.311. The Labute approximate surface area is 126 Å². The molecule has 8 heteroatoms. The van der Waals surface area contributed by atoms with Crippen LogP contribution in [0.1, 0.15) is 0 Å². The molecule has 1 aromatic rings. The Balaban J connectivity index is 1.99. The van der Waals surface area contributed by atoms with Gasteiger partial charge in [-0.3, -0.25) is 4.79 Å². The molecule has 1 saturated heterocycles. The van der Waals surface area contributed by atoms with Crippen molar-refractivity contribution in [1.82, 2.24) is 4.31 Å². The van der Waals surface area contributed by atoms with Crippen LogP contribution in [0.2, 0.25) is 0 Å². The van der Waals surface area contributed by atoms with E-state index in [0.717, 1.165) is 10.2 Å². The summed E-state index contributed by atoms with van der Waals surface area (Å²) in [5, 5.41) is 8.62. The Morgan fingerprint density at radius 1 is 1.15 bits per heavy atom. The van der Waals surface area contributed by atoms with Gasteiger partial charge in [0.05, 0.1) is 0 Å². The number of carboxylic acid groups (broad SMARTS) is 1. The first-order valence-corrected chi connectivity index (χ1v) is 8.49. The number of benzene rings is 1. The predicted octanol–water partition coefficient (Wildman–Crippen LogP) is 0.986. The van der Waals surface area contributed by atoms with Gasteiger partial charge in [-0.1, -0.05) is 15.9 Å². The summed E-state index contributed by atoms with van der Waals surface area (Å²) in [6.45, 7) is 1.73. The molecule has 110 valence electrons. The summed E-state index contributed by atoms with van der Waals surface area (Å²) < 4.78 is 25.8. The lowest BCUT2D eigenvalue weighted by atomic mass is 10.2. The first-order valence-electron chi connectivity index (χ1n) is 6.08. The lowest BCUT2D eigenvalue weighted by Gasteiger charge is -2.35. The number of hydrogen-bond acceptors (Lipinski definition) is 4. The minimum atomic E-state index is -3.70. The number of carbonyl (C=O) groups is 1. The van der Waals surface area contributed by atoms with Gasteiger partial charge in [-0.2, -0.15) is 4.31 Å². The van der Waals surface area contributed by atoms with Gasteiger partial charge in [0.1, 0.15) is 0 Å². The molecule has 2 rings (SSSR count). The quantitative estimate of drug-likeness (QED) is 0.863. The fourth-order valence-corrected chi connectivity index (χ4v) is 3.60. The van der Waals surface area contributed by atoms with Gasteiger partial charge in [0.25, 0.3) is 0 Å². The maximum Gasteiger partial charge on any atom is 0.320 e. The van der Waals surface area contributed by atoms with E-state index in [4.69, 9.17) is 5.11 Å². The number of aliphatic carboxylic acids is 1. The molecule has 0 atom stereocenters. The standard InChI is InChI=1S/C12H15BrN2O4S/c13-10-1-3-11(4-2-10)14-5-7-15(8-6-14)20(18,19)9-12(16)17/h1-4H,5-9H2,(H,16,17). The molecule has 0 aliphatic carbocycles. The number of carboxylic acids is 1. The number of sulfonamides is 1. The van der Waals surface area contributed by atoms with Crippen molar-refractivity contribution in [3.8, 4) is 0 Å². The third-order valence-electron chi connectivity index (χ3n) is 3.13. The van der Waals surface area contributed by atoms with Crippen LogP contribution in [-0.2, 0) is 14.8 Å². The summed E-state index contributed by atoms with van der Waals surface area (Å²) in [7, 11) is -3.70. The van der Waals surface area contributed by atoms with E-state index in [-0.39, 0.29) is 0 Å². The molecule has 1 fully saturated rings. The van der Waals surface area contributed by atoms with E-state index in [9.17, 15) is 13.2 Å². The SMILES string of the molecule is O=C(O)CS(=O)(=O)N1CCN(c2ccc(Br)cc2)CC1. The number of rotatable bonds is 4. The molecule has 0 aromatic heterocycles. The van der Waals surface area contributed by atoms with Gasteiger partial charge in [-0.25, -0.2) is 8.42 Å². The van der Waals surface area contributed by atoms with Gasteiger partial charge in [0.2, 0.25) is 10.0 Å². The molecule has 0 saturated carbocycles. The van der Waals surface area contributed by atoms with Crippen molar-refractivity contribution in [1.29, 1.82) is 0 Å². The maximum absolute atomic E-state index is 11.8. The summed E-state index contributed by atoms with van der Waals surface area (Å²) in [6.07, 6.45) is 0. The average Bonchev–Trinajstić information content (AvgIpc) is 2.38. The van der Waals surface area contributed by atoms with E-state index >= 15 is 0 Å². The first kappa shape index (κ1) is 15.3. The van der Waals surface area contributed by atoms with Crippen molar-refractivity contribution in [2.45, 2.75) is 0 Å². The molecule has 1 aromatic carbocycles. The van der Waals surface area contributed by atoms with E-state index in [1.807, 2.05) is 24.3 Å². The van der Waals surface area contributed by atoms with Crippen LogP contribution in [0.3, 0.4) is 0 Å². The van der Waals surface area contributed by atoms with Crippen molar-refractivity contribution >= 4 is 37.6 Å². The maximum atomic E-state index is 11.8. The van der Waals surface area contributed by atoms with Crippen molar-refractivity contribution in [3.63, 3.8) is 0 Å². The zero-order valence-corrected chi connectivity index (χ0v) is 13.1. The number of halogens is 1. The fraction of sp³-hybridized carbons (Fsp3) is 0.417. The van der Waals surface area contributed by atoms with Crippen LogP contribution in [0.5, 0.6) is 0 Å². The fourth-order valence-electron chi connectivity index (χ4n) is 2.12. The second-order valence-corrected chi connectivity index (χ2v) is 7.40. The van der Waals surface area contributed by atoms with Crippen LogP contribution in [-0.4, -0.2) is 55.7 Å². The second-order valence-electron chi connectivity index (χ2n) is 4.51. The van der Waals surface area contributed by atoms with Gasteiger partial charge >= 0.3 is 5.97 Å². The zero-order chi connectivity index (χ0) is 14.8. The normalized spacial score (nSPS) is 17.1. The minimum Gasteiger partial charge on any atom is -0.480 e. The molecular weight excluding hydrogens is 348 g/mol. The summed E-state index contributed by atoms with van der Waals surface area (Å²) >= 11 is 3.37. The molecule has 0 radical (unpaired) electrons. The molecule has 1 aliphatic heterocycles. The van der Waals surface area contributed by atoms with Gasteiger partial charge in [0, 0.05) is 36.3 Å². The summed E-state index contributed by atoms with van der Waals surface area (Å²) in [6, 6.07) is 7.79. The van der Waals surface area contributed by atoms with Crippen LogP contribution >= 0.6 is 15.9 Å². The van der Waals surface area contributed by atoms with E-state index in [2.05, 4.69) is 20.8 Å². The van der Waals surface area contributed by atoms with E-state index in [1.165, 1.54) is 4.31 Å². The van der Waals surface area contributed by atoms with Crippen molar-refractivity contribution < 1.29 is 18.3 Å². The van der Waals surface area contributed by atoms with Crippen molar-refractivity contribution in [3.05, 3.63) is 28.7 Å². The van der Waals surface area contributed by atoms with Crippen LogP contribution in [0, 0.1) is 0 Å². The average molecular weight is 363 g/mol. The summed E-state index contributed by atoms with van der Waals surface area (Å²) in [5.41, 5.74) is 1.03. The van der Waals surface area contributed by atoms with E-state index in [0.29, 0.717) is 26.2 Å². The van der Waals surface area contributed by atoms with Crippen LogP contribution < -0.4 is 4.90 Å². The molecule has 1 heterocycles. The van der Waals surface area contributed by atoms with E-state index in [1.54, 1.807) is 0 Å². The summed E-state index contributed by atoms with van der Waals surface area (Å²) in [4.78, 5) is 12.6. The Kier molecular flexibility index (Phi) is 4.66. The Morgan fingerprint density at radius 3 is 2.20 bits per heavy atom. The Hall–Kier alpha value is -1.12. The number of anilines is 1. The van der Waals surface area contributed by atoms with Crippen molar-refractivity contribution in [2.24, 2.45) is 0 Å². The van der Waals surface area contributed by atoms with Crippen LogP contribution in [0.15, 0.2) is 28.7 Å².